The van der Waals surface area contributed by atoms with Crippen molar-refractivity contribution in [2.45, 2.75) is 51.4 Å². The van der Waals surface area contributed by atoms with E-state index in [-0.39, 0.29) is 5.41 Å². The van der Waals surface area contributed by atoms with E-state index in [1.165, 1.54) is 12.8 Å². The second-order valence-electron chi connectivity index (χ2n) is 4.03. The molecule has 0 amide bonds. The van der Waals surface area contributed by atoms with E-state index >= 15 is 0 Å². The van der Waals surface area contributed by atoms with E-state index < -0.39 is 0 Å². The van der Waals surface area contributed by atoms with Crippen molar-refractivity contribution >= 4 is 10.2 Å². The van der Waals surface area contributed by atoms with Crippen molar-refractivity contribution in [2.75, 3.05) is 13.2 Å². The van der Waals surface area contributed by atoms with E-state index in [2.05, 4.69) is 20.4 Å². The molecule has 3 heteroatoms. The highest BCUT2D eigenvalue weighted by atomic mass is 28.1. The third-order valence-electron chi connectivity index (χ3n) is 2.33. The molecule has 0 atom stereocenters. The Bertz CT molecular complexity index is 150. The maximum absolute atomic E-state index is 5.83. The molecule has 0 aliphatic heterocycles. The molecule has 0 radical (unpaired) electrons. The standard InChI is InChI=1S/C12H26O2Si/c1-4-7-10-13-12(15,9-6-3)14-11-8-5-2/h6H,3-5,7-11H2,1-2,15H3. The van der Waals surface area contributed by atoms with Crippen molar-refractivity contribution in [3.8, 4) is 0 Å². The van der Waals surface area contributed by atoms with Crippen molar-refractivity contribution in [1.82, 2.24) is 0 Å². The van der Waals surface area contributed by atoms with Gasteiger partial charge in [-0.05, 0) is 12.8 Å². The highest BCUT2D eigenvalue weighted by Gasteiger charge is 2.23. The third-order valence-corrected chi connectivity index (χ3v) is 3.31. The van der Waals surface area contributed by atoms with Gasteiger partial charge in [-0.15, -0.1) is 6.58 Å². The van der Waals surface area contributed by atoms with Crippen LogP contribution in [0.4, 0.5) is 0 Å². The Kier molecular flexibility index (Phi) is 9.05. The Hall–Kier alpha value is -0.123. The number of hydrogen-bond donors (Lipinski definition) is 0. The van der Waals surface area contributed by atoms with Gasteiger partial charge in [0.15, 0.2) is 0 Å². The summed E-state index contributed by atoms with van der Waals surface area (Å²) >= 11 is 0. The third kappa shape index (κ3) is 7.77. The van der Waals surface area contributed by atoms with E-state index in [1.54, 1.807) is 0 Å². The summed E-state index contributed by atoms with van der Waals surface area (Å²) in [5.41, 5.74) is -0.327. The van der Waals surface area contributed by atoms with Crippen molar-refractivity contribution in [3.05, 3.63) is 12.7 Å². The number of ether oxygens (including phenoxy) is 2. The van der Waals surface area contributed by atoms with Gasteiger partial charge in [0.2, 0.25) is 0 Å². The van der Waals surface area contributed by atoms with Gasteiger partial charge in [-0.1, -0.05) is 32.8 Å². The summed E-state index contributed by atoms with van der Waals surface area (Å²) in [4.78, 5) is 0. The Morgan fingerprint density at radius 2 is 1.60 bits per heavy atom. The predicted molar refractivity (Wildman–Crippen MR) is 69.2 cm³/mol. The van der Waals surface area contributed by atoms with Gasteiger partial charge < -0.3 is 9.47 Å². The van der Waals surface area contributed by atoms with Crippen LogP contribution < -0.4 is 0 Å². The summed E-state index contributed by atoms with van der Waals surface area (Å²) in [6.07, 6.45) is 7.26. The maximum Gasteiger partial charge on any atom is 0.144 e. The number of unbranched alkanes of at least 4 members (excludes halogenated alkanes) is 2. The van der Waals surface area contributed by atoms with Crippen LogP contribution in [0.3, 0.4) is 0 Å². The highest BCUT2D eigenvalue weighted by Crippen LogP contribution is 2.15. The number of rotatable bonds is 10. The molecule has 0 saturated heterocycles. The fourth-order valence-electron chi connectivity index (χ4n) is 1.29. The van der Waals surface area contributed by atoms with Gasteiger partial charge >= 0.3 is 0 Å². The summed E-state index contributed by atoms with van der Waals surface area (Å²) in [5, 5.41) is 0. The van der Waals surface area contributed by atoms with E-state index in [9.17, 15) is 0 Å². The molecular formula is C12H26O2Si. The van der Waals surface area contributed by atoms with Crippen LogP contribution in [0.15, 0.2) is 12.7 Å². The van der Waals surface area contributed by atoms with Crippen molar-refractivity contribution < 1.29 is 9.47 Å². The fraction of sp³-hybridized carbons (Fsp3) is 0.833. The van der Waals surface area contributed by atoms with E-state index in [0.717, 1.165) is 42.7 Å². The molecule has 0 bridgehead atoms. The molecule has 0 fully saturated rings. The van der Waals surface area contributed by atoms with Gasteiger partial charge in [0.25, 0.3) is 0 Å². The van der Waals surface area contributed by atoms with Crippen LogP contribution in [0, 0.1) is 0 Å². The minimum Gasteiger partial charge on any atom is -0.355 e. The summed E-state index contributed by atoms with van der Waals surface area (Å²) in [7, 11) is 0.896. The molecule has 0 spiro atoms. The summed E-state index contributed by atoms with van der Waals surface area (Å²) < 4.78 is 11.7. The maximum atomic E-state index is 5.83. The van der Waals surface area contributed by atoms with Crippen molar-refractivity contribution in [2.24, 2.45) is 0 Å². The smallest absolute Gasteiger partial charge is 0.144 e. The van der Waals surface area contributed by atoms with Gasteiger partial charge in [0, 0.05) is 19.6 Å². The lowest BCUT2D eigenvalue weighted by Gasteiger charge is -2.29. The van der Waals surface area contributed by atoms with Crippen LogP contribution in [0.5, 0.6) is 0 Å². The quantitative estimate of drug-likeness (QED) is 0.248. The Balaban J connectivity index is 3.88. The minimum atomic E-state index is -0.327. The molecule has 15 heavy (non-hydrogen) atoms. The topological polar surface area (TPSA) is 18.5 Å². The Labute approximate surface area is 97.5 Å². The molecule has 0 unspecified atom stereocenters. The second kappa shape index (κ2) is 9.13. The van der Waals surface area contributed by atoms with Gasteiger partial charge in [-0.25, -0.2) is 0 Å². The van der Waals surface area contributed by atoms with Crippen LogP contribution in [0.1, 0.15) is 46.0 Å². The minimum absolute atomic E-state index is 0.327. The predicted octanol–water partition coefficient (Wildman–Crippen LogP) is 2.22. The van der Waals surface area contributed by atoms with Crippen LogP contribution in [0.25, 0.3) is 0 Å². The molecule has 0 saturated carbocycles. The first-order chi connectivity index (χ1) is 7.18. The number of hydrogen-bond acceptors (Lipinski definition) is 2. The molecule has 2 nitrogen and oxygen atoms in total. The van der Waals surface area contributed by atoms with Crippen molar-refractivity contribution in [1.29, 1.82) is 0 Å². The van der Waals surface area contributed by atoms with Gasteiger partial charge in [0.05, 0.1) is 10.2 Å². The van der Waals surface area contributed by atoms with E-state index in [0.29, 0.717) is 0 Å². The zero-order chi connectivity index (χ0) is 11.6. The van der Waals surface area contributed by atoms with Gasteiger partial charge in [-0.2, -0.15) is 0 Å². The Morgan fingerprint density at radius 3 is 1.93 bits per heavy atom. The van der Waals surface area contributed by atoms with E-state index in [1.807, 2.05) is 6.08 Å². The molecule has 0 rings (SSSR count). The lowest BCUT2D eigenvalue weighted by atomic mass is 10.3. The first-order valence-corrected chi connectivity index (χ1v) is 7.07. The first kappa shape index (κ1) is 14.9. The van der Waals surface area contributed by atoms with Gasteiger partial charge in [-0.3, -0.25) is 0 Å². The van der Waals surface area contributed by atoms with Crippen LogP contribution in [0.2, 0.25) is 0 Å². The Morgan fingerprint density at radius 1 is 1.13 bits per heavy atom. The molecule has 0 heterocycles. The molecule has 0 aliphatic rings. The first-order valence-electron chi connectivity index (χ1n) is 6.07. The average molecular weight is 230 g/mol. The average Bonchev–Trinajstić information content (AvgIpc) is 2.19. The molecule has 0 aliphatic carbocycles. The molecule has 0 aromatic heterocycles. The lowest BCUT2D eigenvalue weighted by molar-refractivity contribution is -0.177. The zero-order valence-corrected chi connectivity index (χ0v) is 12.6. The summed E-state index contributed by atoms with van der Waals surface area (Å²) in [5.74, 6) is 0. The fourth-order valence-corrected chi connectivity index (χ4v) is 1.98. The molecule has 0 N–H and O–H groups in total. The van der Waals surface area contributed by atoms with Crippen LogP contribution in [-0.2, 0) is 9.47 Å². The molecule has 0 aromatic carbocycles. The van der Waals surface area contributed by atoms with Gasteiger partial charge in [0.1, 0.15) is 5.41 Å². The summed E-state index contributed by atoms with van der Waals surface area (Å²) in [6, 6.07) is 0. The zero-order valence-electron chi connectivity index (χ0n) is 10.6. The second-order valence-corrected chi connectivity index (χ2v) is 5.55. The highest BCUT2D eigenvalue weighted by molar-refractivity contribution is 6.13. The normalized spacial score (nSPS) is 11.9. The van der Waals surface area contributed by atoms with Crippen LogP contribution in [-0.4, -0.2) is 28.9 Å². The monoisotopic (exact) mass is 230 g/mol. The van der Waals surface area contributed by atoms with E-state index in [4.69, 9.17) is 9.47 Å². The molecule has 90 valence electrons. The SMILES string of the molecule is C=CCC([SiH3])(OCCCC)OCCCC. The van der Waals surface area contributed by atoms with Crippen LogP contribution >= 0.6 is 0 Å². The largest absolute Gasteiger partial charge is 0.355 e. The summed E-state index contributed by atoms with van der Waals surface area (Å²) in [6.45, 7) is 9.72. The molecule has 0 aromatic rings. The van der Waals surface area contributed by atoms with Crippen molar-refractivity contribution in [3.63, 3.8) is 0 Å². The molecular weight excluding hydrogens is 204 g/mol. The lowest BCUT2D eigenvalue weighted by Crippen LogP contribution is -2.36.